The molecule has 21 heavy (non-hydrogen) atoms. The van der Waals surface area contributed by atoms with E-state index in [1.165, 1.54) is 48.4 Å². The molecule has 0 spiro atoms. The molecule has 0 amide bonds. The lowest BCUT2D eigenvalue weighted by molar-refractivity contribution is 0.246. The summed E-state index contributed by atoms with van der Waals surface area (Å²) in [6, 6.07) is 10.1. The molecule has 0 radical (unpaired) electrons. The summed E-state index contributed by atoms with van der Waals surface area (Å²) in [6.07, 6.45) is 3.75. The van der Waals surface area contributed by atoms with Gasteiger partial charge in [0.15, 0.2) is 0 Å². The predicted molar refractivity (Wildman–Crippen MR) is 95.2 cm³/mol. The Morgan fingerprint density at radius 3 is 2.86 bits per heavy atom. The lowest BCUT2D eigenvalue weighted by Gasteiger charge is -2.27. The van der Waals surface area contributed by atoms with Gasteiger partial charge in [0, 0.05) is 17.8 Å². The summed E-state index contributed by atoms with van der Waals surface area (Å²) in [5, 5.41) is 3.74. The number of hydrogen-bond donors (Lipinski definition) is 1. The zero-order valence-corrected chi connectivity index (χ0v) is 14.6. The molecular weight excluding hydrogens is 276 g/mol. The minimum Gasteiger partial charge on any atom is -0.310 e. The molecule has 2 atom stereocenters. The fourth-order valence-electron chi connectivity index (χ4n) is 3.05. The molecule has 0 aliphatic carbocycles. The Bertz CT molecular complexity index is 415. The monoisotopic (exact) mass is 306 g/mol. The summed E-state index contributed by atoms with van der Waals surface area (Å²) < 4.78 is 0. The molecule has 1 fully saturated rings. The van der Waals surface area contributed by atoms with E-state index >= 15 is 0 Å². The van der Waals surface area contributed by atoms with Crippen molar-refractivity contribution in [3.8, 4) is 0 Å². The van der Waals surface area contributed by atoms with Crippen LogP contribution in [0, 0.1) is 6.92 Å². The normalized spacial score (nSPS) is 20.1. The molecule has 0 aromatic heterocycles. The zero-order valence-electron chi connectivity index (χ0n) is 13.8. The maximum atomic E-state index is 3.74. The minimum atomic E-state index is 0.489. The third-order valence-electron chi connectivity index (χ3n) is 4.50. The van der Waals surface area contributed by atoms with Gasteiger partial charge in [0.2, 0.25) is 0 Å². The Balaban J connectivity index is 1.94. The number of rotatable bonds is 8. The zero-order chi connectivity index (χ0) is 15.1. The molecule has 1 aliphatic rings. The van der Waals surface area contributed by atoms with Crippen molar-refractivity contribution < 1.29 is 0 Å². The van der Waals surface area contributed by atoms with Crippen LogP contribution in [0.3, 0.4) is 0 Å². The van der Waals surface area contributed by atoms with Crippen molar-refractivity contribution in [1.29, 1.82) is 0 Å². The van der Waals surface area contributed by atoms with Crippen molar-refractivity contribution in [2.75, 3.05) is 31.6 Å². The van der Waals surface area contributed by atoms with Crippen LogP contribution < -0.4 is 5.32 Å². The van der Waals surface area contributed by atoms with E-state index in [2.05, 4.69) is 67.1 Å². The second-order valence-corrected chi connectivity index (χ2v) is 7.30. The van der Waals surface area contributed by atoms with Crippen molar-refractivity contribution in [3.63, 3.8) is 0 Å². The number of hydrogen-bond acceptors (Lipinski definition) is 3. The standard InChI is InChI=1S/C18H30N2S/c1-4-11-19-18(17-8-6-5-7-15(17)2)9-12-20(3)16-10-13-21-14-16/h5-8,16,18-19H,4,9-14H2,1-3H3. The van der Waals surface area contributed by atoms with Gasteiger partial charge in [-0.3, -0.25) is 0 Å². The molecule has 1 aliphatic heterocycles. The number of aryl methyl sites for hydroxylation is 1. The van der Waals surface area contributed by atoms with Gasteiger partial charge in [-0.2, -0.15) is 11.8 Å². The molecule has 0 saturated carbocycles. The molecular formula is C18H30N2S. The summed E-state index contributed by atoms with van der Waals surface area (Å²) in [7, 11) is 2.30. The first kappa shape index (κ1) is 16.9. The molecule has 1 aromatic carbocycles. The van der Waals surface area contributed by atoms with Gasteiger partial charge in [0.25, 0.3) is 0 Å². The Hall–Kier alpha value is -0.510. The van der Waals surface area contributed by atoms with Crippen molar-refractivity contribution in [2.45, 2.75) is 45.2 Å². The Morgan fingerprint density at radius 2 is 2.19 bits per heavy atom. The summed E-state index contributed by atoms with van der Waals surface area (Å²) in [6.45, 7) is 6.75. The average molecular weight is 307 g/mol. The third kappa shape index (κ3) is 5.01. The maximum absolute atomic E-state index is 3.74. The van der Waals surface area contributed by atoms with Gasteiger partial charge in [0.05, 0.1) is 0 Å². The number of benzene rings is 1. The fraction of sp³-hybridized carbons (Fsp3) is 0.667. The van der Waals surface area contributed by atoms with Crippen LogP contribution in [0.1, 0.15) is 43.4 Å². The second kappa shape index (κ2) is 8.82. The van der Waals surface area contributed by atoms with Gasteiger partial charge in [-0.25, -0.2) is 0 Å². The number of thioether (sulfide) groups is 1. The largest absolute Gasteiger partial charge is 0.310 e. The average Bonchev–Trinajstić information content (AvgIpc) is 3.02. The molecule has 118 valence electrons. The first-order chi connectivity index (χ1) is 10.2. The van der Waals surface area contributed by atoms with E-state index in [0.29, 0.717) is 6.04 Å². The van der Waals surface area contributed by atoms with E-state index < -0.39 is 0 Å². The topological polar surface area (TPSA) is 15.3 Å². The predicted octanol–water partition coefficient (Wildman–Crippen LogP) is 3.86. The Kier molecular flexibility index (Phi) is 7.08. The van der Waals surface area contributed by atoms with Gasteiger partial charge in [-0.15, -0.1) is 0 Å². The molecule has 1 aromatic rings. The van der Waals surface area contributed by atoms with Gasteiger partial charge in [-0.1, -0.05) is 31.2 Å². The molecule has 0 bridgehead atoms. The van der Waals surface area contributed by atoms with Gasteiger partial charge < -0.3 is 10.2 Å². The molecule has 1 saturated heterocycles. The van der Waals surface area contributed by atoms with E-state index in [1.807, 2.05) is 0 Å². The van der Waals surface area contributed by atoms with Gasteiger partial charge >= 0.3 is 0 Å². The van der Waals surface area contributed by atoms with Crippen molar-refractivity contribution in [3.05, 3.63) is 35.4 Å². The smallest absolute Gasteiger partial charge is 0.0335 e. The lowest BCUT2D eigenvalue weighted by atomic mass is 9.98. The van der Waals surface area contributed by atoms with Gasteiger partial charge in [0.1, 0.15) is 0 Å². The highest BCUT2D eigenvalue weighted by Gasteiger charge is 2.21. The van der Waals surface area contributed by atoms with E-state index in [1.54, 1.807) is 0 Å². The molecule has 1 heterocycles. The van der Waals surface area contributed by atoms with Gasteiger partial charge in [-0.05, 0) is 63.2 Å². The van der Waals surface area contributed by atoms with E-state index in [4.69, 9.17) is 0 Å². The molecule has 1 N–H and O–H groups in total. The van der Waals surface area contributed by atoms with Crippen molar-refractivity contribution in [2.24, 2.45) is 0 Å². The SMILES string of the molecule is CCCNC(CCN(C)C1CCSC1)c1ccccc1C. The van der Waals surface area contributed by atoms with Crippen LogP contribution in [0.15, 0.2) is 24.3 Å². The molecule has 2 rings (SSSR count). The lowest BCUT2D eigenvalue weighted by Crippen LogP contribution is -2.35. The number of nitrogens with zero attached hydrogens (tertiary/aromatic N) is 1. The summed E-state index contributed by atoms with van der Waals surface area (Å²) in [4.78, 5) is 2.57. The highest BCUT2D eigenvalue weighted by molar-refractivity contribution is 7.99. The van der Waals surface area contributed by atoms with Crippen LogP contribution in [0.4, 0.5) is 0 Å². The van der Waals surface area contributed by atoms with E-state index in [-0.39, 0.29) is 0 Å². The Morgan fingerprint density at radius 1 is 1.38 bits per heavy atom. The van der Waals surface area contributed by atoms with Crippen molar-refractivity contribution >= 4 is 11.8 Å². The van der Waals surface area contributed by atoms with Crippen LogP contribution >= 0.6 is 11.8 Å². The fourth-order valence-corrected chi connectivity index (χ4v) is 4.35. The summed E-state index contributed by atoms with van der Waals surface area (Å²) in [5.74, 6) is 2.65. The maximum Gasteiger partial charge on any atom is 0.0335 e. The second-order valence-electron chi connectivity index (χ2n) is 6.15. The van der Waals surface area contributed by atoms with Crippen LogP contribution in [-0.4, -0.2) is 42.6 Å². The van der Waals surface area contributed by atoms with Crippen molar-refractivity contribution in [1.82, 2.24) is 10.2 Å². The van der Waals surface area contributed by atoms with E-state index in [9.17, 15) is 0 Å². The first-order valence-corrected chi connectivity index (χ1v) is 9.44. The summed E-state index contributed by atoms with van der Waals surface area (Å²) >= 11 is 2.10. The highest BCUT2D eigenvalue weighted by Crippen LogP contribution is 2.24. The summed E-state index contributed by atoms with van der Waals surface area (Å²) in [5.41, 5.74) is 2.88. The molecule has 3 heteroatoms. The molecule has 2 unspecified atom stereocenters. The first-order valence-electron chi connectivity index (χ1n) is 8.29. The third-order valence-corrected chi connectivity index (χ3v) is 5.65. The minimum absolute atomic E-state index is 0.489. The number of nitrogens with one attached hydrogen (secondary N) is 1. The quantitative estimate of drug-likeness (QED) is 0.785. The highest BCUT2D eigenvalue weighted by atomic mass is 32.2. The van der Waals surface area contributed by atoms with Crippen LogP contribution in [0.25, 0.3) is 0 Å². The van der Waals surface area contributed by atoms with Crippen LogP contribution in [0.2, 0.25) is 0 Å². The van der Waals surface area contributed by atoms with Crippen LogP contribution in [0.5, 0.6) is 0 Å². The molecule has 2 nitrogen and oxygen atoms in total. The Labute approximate surface area is 134 Å². The van der Waals surface area contributed by atoms with Crippen LogP contribution in [-0.2, 0) is 0 Å². The van der Waals surface area contributed by atoms with E-state index in [0.717, 1.165) is 12.6 Å².